The number of nitrogens with zero attached hydrogens (tertiary/aromatic N) is 1. The quantitative estimate of drug-likeness (QED) is 0.634. The fourth-order valence-corrected chi connectivity index (χ4v) is 3.59. The van der Waals surface area contributed by atoms with E-state index in [1.807, 2.05) is 0 Å². The molecule has 0 fully saturated rings. The number of benzene rings is 1. The molecule has 1 atom stereocenters. The molecule has 0 radical (unpaired) electrons. The lowest BCUT2D eigenvalue weighted by Gasteiger charge is -2.34. The Morgan fingerprint density at radius 2 is 2.10 bits per heavy atom. The fourth-order valence-electron chi connectivity index (χ4n) is 3.59. The number of aromatic amines is 2. The fraction of sp³-hybridized carbons (Fsp3) is 0.312. The van der Waals surface area contributed by atoms with Gasteiger partial charge in [-0.15, -0.1) is 0 Å². The predicted molar refractivity (Wildman–Crippen MR) is 79.8 cm³/mol. The maximum absolute atomic E-state index is 4.58. The van der Waals surface area contributed by atoms with Crippen LogP contribution in [0.4, 0.5) is 0 Å². The Morgan fingerprint density at radius 1 is 1.25 bits per heavy atom. The summed E-state index contributed by atoms with van der Waals surface area (Å²) in [5, 5.41) is 4.94. The number of hydrogen-bond donors (Lipinski definition) is 3. The minimum absolute atomic E-state index is 0.239. The van der Waals surface area contributed by atoms with Crippen LogP contribution in [0.15, 0.2) is 30.6 Å². The summed E-state index contributed by atoms with van der Waals surface area (Å²) < 4.78 is 0. The van der Waals surface area contributed by atoms with Crippen LogP contribution >= 0.6 is 0 Å². The molecule has 4 rings (SSSR count). The average Bonchev–Trinajstić information content (AvgIpc) is 3.02. The highest BCUT2D eigenvalue weighted by molar-refractivity contribution is 5.86. The van der Waals surface area contributed by atoms with Gasteiger partial charge >= 0.3 is 0 Å². The molecule has 1 aliphatic heterocycles. The number of H-pyrrole nitrogens is 2. The standard InChI is InChI=1S/C16H18N4/c1-10-14(11-5-3-4-6-12(11)20-10)16(2)15-13(7-8-19-16)17-9-18-15/h3-6,9,19-20H,7-8H2,1-2H3,(H,17,18). The Balaban J connectivity index is 2.03. The number of nitrogens with one attached hydrogen (secondary N) is 3. The van der Waals surface area contributed by atoms with Crippen LogP contribution in [0.2, 0.25) is 0 Å². The largest absolute Gasteiger partial charge is 0.358 e. The SMILES string of the molecule is Cc1[nH]c2ccccc2c1C1(C)NCCc2[nH]cnc21. The van der Waals surface area contributed by atoms with E-state index < -0.39 is 0 Å². The summed E-state index contributed by atoms with van der Waals surface area (Å²) >= 11 is 0. The van der Waals surface area contributed by atoms with Crippen LogP contribution in [0.25, 0.3) is 10.9 Å². The van der Waals surface area contributed by atoms with Crippen molar-refractivity contribution in [2.75, 3.05) is 6.54 Å². The van der Waals surface area contributed by atoms with E-state index >= 15 is 0 Å². The van der Waals surface area contributed by atoms with Crippen molar-refractivity contribution in [2.24, 2.45) is 0 Å². The lowest BCUT2D eigenvalue weighted by atomic mass is 9.83. The van der Waals surface area contributed by atoms with Gasteiger partial charge < -0.3 is 15.3 Å². The zero-order chi connectivity index (χ0) is 13.7. The number of aryl methyl sites for hydroxylation is 1. The van der Waals surface area contributed by atoms with Gasteiger partial charge in [-0.05, 0) is 19.9 Å². The summed E-state index contributed by atoms with van der Waals surface area (Å²) in [5.74, 6) is 0. The van der Waals surface area contributed by atoms with Crippen molar-refractivity contribution in [3.63, 3.8) is 0 Å². The minimum atomic E-state index is -0.239. The van der Waals surface area contributed by atoms with E-state index in [9.17, 15) is 0 Å². The summed E-state index contributed by atoms with van der Waals surface area (Å²) in [6.07, 6.45) is 2.81. The first-order valence-electron chi connectivity index (χ1n) is 7.05. The number of fused-ring (bicyclic) bond motifs is 2. The summed E-state index contributed by atoms with van der Waals surface area (Å²) in [6.45, 7) is 5.34. The van der Waals surface area contributed by atoms with Gasteiger partial charge in [-0.2, -0.15) is 0 Å². The molecule has 2 aromatic heterocycles. The molecule has 0 spiro atoms. The van der Waals surface area contributed by atoms with Crippen LogP contribution in [0, 0.1) is 6.92 Å². The summed E-state index contributed by atoms with van der Waals surface area (Å²) in [4.78, 5) is 11.4. The Morgan fingerprint density at radius 3 is 3.00 bits per heavy atom. The van der Waals surface area contributed by atoms with E-state index in [1.54, 1.807) is 6.33 Å². The monoisotopic (exact) mass is 266 g/mol. The van der Waals surface area contributed by atoms with Crippen molar-refractivity contribution in [1.82, 2.24) is 20.3 Å². The molecule has 102 valence electrons. The van der Waals surface area contributed by atoms with Crippen molar-refractivity contribution in [3.05, 3.63) is 53.2 Å². The predicted octanol–water partition coefficient (Wildman–Crippen LogP) is 2.61. The van der Waals surface area contributed by atoms with E-state index in [0.29, 0.717) is 0 Å². The van der Waals surface area contributed by atoms with Gasteiger partial charge in [0.2, 0.25) is 0 Å². The Bertz CT molecular complexity index is 783. The lowest BCUT2D eigenvalue weighted by molar-refractivity contribution is 0.404. The van der Waals surface area contributed by atoms with Crippen molar-refractivity contribution in [3.8, 4) is 0 Å². The van der Waals surface area contributed by atoms with Crippen molar-refractivity contribution in [2.45, 2.75) is 25.8 Å². The Labute approximate surface area is 117 Å². The third-order valence-electron chi connectivity index (χ3n) is 4.44. The first kappa shape index (κ1) is 11.7. The highest BCUT2D eigenvalue weighted by Crippen LogP contribution is 2.38. The molecule has 0 saturated heterocycles. The van der Waals surface area contributed by atoms with Crippen LogP contribution < -0.4 is 5.32 Å². The van der Waals surface area contributed by atoms with Crippen LogP contribution in [0.5, 0.6) is 0 Å². The molecule has 0 bridgehead atoms. The third-order valence-corrected chi connectivity index (χ3v) is 4.44. The maximum Gasteiger partial charge on any atom is 0.0926 e. The van der Waals surface area contributed by atoms with Gasteiger partial charge in [0, 0.05) is 40.8 Å². The normalized spacial score (nSPS) is 22.1. The van der Waals surface area contributed by atoms with E-state index in [-0.39, 0.29) is 5.54 Å². The number of para-hydroxylation sites is 1. The minimum Gasteiger partial charge on any atom is -0.358 e. The van der Waals surface area contributed by atoms with Crippen LogP contribution in [-0.2, 0) is 12.0 Å². The van der Waals surface area contributed by atoms with Crippen LogP contribution in [-0.4, -0.2) is 21.5 Å². The van der Waals surface area contributed by atoms with Gasteiger partial charge in [-0.3, -0.25) is 0 Å². The van der Waals surface area contributed by atoms with E-state index in [1.165, 1.54) is 27.9 Å². The molecule has 1 aromatic carbocycles. The molecule has 3 N–H and O–H groups in total. The summed E-state index contributed by atoms with van der Waals surface area (Å²) in [7, 11) is 0. The van der Waals surface area contributed by atoms with E-state index in [2.05, 4.69) is 58.4 Å². The first-order valence-corrected chi connectivity index (χ1v) is 7.05. The maximum atomic E-state index is 4.58. The highest BCUT2D eigenvalue weighted by Gasteiger charge is 2.38. The second-order valence-electron chi connectivity index (χ2n) is 5.70. The number of rotatable bonds is 1. The molecule has 1 unspecified atom stereocenters. The van der Waals surface area contributed by atoms with E-state index in [4.69, 9.17) is 0 Å². The van der Waals surface area contributed by atoms with Crippen LogP contribution in [0.1, 0.15) is 29.6 Å². The highest BCUT2D eigenvalue weighted by atomic mass is 15.1. The molecular weight excluding hydrogens is 248 g/mol. The zero-order valence-electron chi connectivity index (χ0n) is 11.7. The van der Waals surface area contributed by atoms with Gasteiger partial charge in [0.1, 0.15) is 0 Å². The van der Waals surface area contributed by atoms with E-state index in [0.717, 1.165) is 18.7 Å². The first-order chi connectivity index (χ1) is 9.70. The molecule has 3 heterocycles. The summed E-state index contributed by atoms with van der Waals surface area (Å²) in [6, 6.07) is 8.47. The Hall–Kier alpha value is -2.07. The average molecular weight is 266 g/mol. The van der Waals surface area contributed by atoms with Gasteiger partial charge in [0.05, 0.1) is 17.6 Å². The topological polar surface area (TPSA) is 56.5 Å². The smallest absolute Gasteiger partial charge is 0.0926 e. The van der Waals surface area contributed by atoms with Crippen LogP contribution in [0.3, 0.4) is 0 Å². The van der Waals surface area contributed by atoms with Gasteiger partial charge in [0.15, 0.2) is 0 Å². The van der Waals surface area contributed by atoms with Gasteiger partial charge in [-0.25, -0.2) is 4.98 Å². The van der Waals surface area contributed by atoms with Gasteiger partial charge in [-0.1, -0.05) is 18.2 Å². The molecule has 4 nitrogen and oxygen atoms in total. The second kappa shape index (κ2) is 3.96. The summed E-state index contributed by atoms with van der Waals surface area (Å²) in [5.41, 5.74) is 5.83. The third kappa shape index (κ3) is 1.42. The van der Waals surface area contributed by atoms with Gasteiger partial charge in [0.25, 0.3) is 0 Å². The Kier molecular flexibility index (Phi) is 2.32. The molecule has 0 amide bonds. The van der Waals surface area contributed by atoms with Crippen molar-refractivity contribution < 1.29 is 0 Å². The van der Waals surface area contributed by atoms with Crippen molar-refractivity contribution >= 4 is 10.9 Å². The lowest BCUT2D eigenvalue weighted by Crippen LogP contribution is -2.46. The van der Waals surface area contributed by atoms with Crippen molar-refractivity contribution in [1.29, 1.82) is 0 Å². The molecule has 1 aliphatic rings. The second-order valence-corrected chi connectivity index (χ2v) is 5.70. The molecule has 3 aromatic rings. The molecular formula is C16H18N4. The zero-order valence-corrected chi connectivity index (χ0v) is 11.7. The number of aromatic nitrogens is 3. The molecule has 0 aliphatic carbocycles. The molecule has 0 saturated carbocycles. The molecule has 20 heavy (non-hydrogen) atoms. The number of hydrogen-bond acceptors (Lipinski definition) is 2. The molecule has 4 heteroatoms. The number of imidazole rings is 1.